The quantitative estimate of drug-likeness (QED) is 0.491. The zero-order valence-electron chi connectivity index (χ0n) is 17.5. The van der Waals surface area contributed by atoms with Gasteiger partial charge in [-0.1, -0.05) is 23.4 Å². The number of hydrogen-bond acceptors (Lipinski definition) is 6. The molecule has 0 bridgehead atoms. The summed E-state index contributed by atoms with van der Waals surface area (Å²) in [4.78, 5) is 13.1. The first-order chi connectivity index (χ1) is 15.1. The average Bonchev–Trinajstić information content (AvgIpc) is 3.44. The molecule has 8 heteroatoms. The van der Waals surface area contributed by atoms with Gasteiger partial charge in [-0.15, -0.1) is 0 Å². The molecule has 4 aromatic rings. The van der Waals surface area contributed by atoms with Gasteiger partial charge >= 0.3 is 0 Å². The molecular formula is C23H22N4O4. The Kier molecular flexibility index (Phi) is 5.70. The van der Waals surface area contributed by atoms with Gasteiger partial charge in [0, 0.05) is 23.9 Å². The number of para-hydroxylation sites is 1. The van der Waals surface area contributed by atoms with E-state index in [1.165, 1.54) is 0 Å². The molecule has 8 nitrogen and oxygen atoms in total. The highest BCUT2D eigenvalue weighted by Gasteiger charge is 2.22. The van der Waals surface area contributed by atoms with Gasteiger partial charge in [-0.25, -0.2) is 4.68 Å². The third-order valence-corrected chi connectivity index (χ3v) is 4.74. The van der Waals surface area contributed by atoms with Crippen LogP contribution < -0.4 is 14.8 Å². The Morgan fingerprint density at radius 2 is 1.90 bits per heavy atom. The molecule has 0 aliphatic rings. The third kappa shape index (κ3) is 4.28. The van der Waals surface area contributed by atoms with Crippen LogP contribution in [0.5, 0.6) is 11.5 Å². The number of aromatic nitrogens is 3. The van der Waals surface area contributed by atoms with Gasteiger partial charge in [-0.05, 0) is 31.2 Å². The van der Waals surface area contributed by atoms with Crippen LogP contribution in [0.3, 0.4) is 0 Å². The van der Waals surface area contributed by atoms with E-state index in [-0.39, 0.29) is 12.5 Å². The lowest BCUT2D eigenvalue weighted by atomic mass is 10.1. The van der Waals surface area contributed by atoms with Crippen LogP contribution in [0, 0.1) is 6.92 Å². The van der Waals surface area contributed by atoms with E-state index in [4.69, 9.17) is 19.1 Å². The van der Waals surface area contributed by atoms with E-state index in [0.29, 0.717) is 34.1 Å². The molecule has 1 N–H and O–H groups in total. The van der Waals surface area contributed by atoms with Crippen LogP contribution in [-0.4, -0.2) is 35.1 Å². The van der Waals surface area contributed by atoms with E-state index in [1.54, 1.807) is 43.3 Å². The molecule has 0 atom stereocenters. The molecule has 31 heavy (non-hydrogen) atoms. The molecule has 1 amide bonds. The Morgan fingerprint density at radius 1 is 1.10 bits per heavy atom. The fourth-order valence-corrected chi connectivity index (χ4v) is 3.21. The molecule has 0 aliphatic heterocycles. The lowest BCUT2D eigenvalue weighted by molar-refractivity contribution is 0.0947. The van der Waals surface area contributed by atoms with Gasteiger partial charge in [0.05, 0.1) is 37.7 Å². The van der Waals surface area contributed by atoms with Crippen LogP contribution in [0.1, 0.15) is 21.8 Å². The summed E-state index contributed by atoms with van der Waals surface area (Å²) in [5.41, 5.74) is 3.17. The number of hydrogen-bond donors (Lipinski definition) is 1. The van der Waals surface area contributed by atoms with Gasteiger partial charge in [-0.2, -0.15) is 5.10 Å². The number of rotatable bonds is 7. The first-order valence-electron chi connectivity index (χ1n) is 9.67. The molecule has 0 fully saturated rings. The molecule has 0 radical (unpaired) electrons. The summed E-state index contributed by atoms with van der Waals surface area (Å²) in [6.45, 7) is 2.04. The third-order valence-electron chi connectivity index (χ3n) is 4.74. The van der Waals surface area contributed by atoms with Gasteiger partial charge < -0.3 is 19.3 Å². The Balaban J connectivity index is 1.74. The van der Waals surface area contributed by atoms with Crippen LogP contribution in [-0.2, 0) is 6.54 Å². The van der Waals surface area contributed by atoms with Crippen molar-refractivity contribution in [3.63, 3.8) is 0 Å². The number of nitrogens with zero attached hydrogens (tertiary/aromatic N) is 3. The van der Waals surface area contributed by atoms with Crippen molar-refractivity contribution in [2.75, 3.05) is 14.2 Å². The number of carbonyl (C=O) groups excluding carboxylic acids is 1. The van der Waals surface area contributed by atoms with Crippen LogP contribution >= 0.6 is 0 Å². The summed E-state index contributed by atoms with van der Waals surface area (Å²) < 4.78 is 17.7. The fourth-order valence-electron chi connectivity index (χ4n) is 3.21. The maximum atomic E-state index is 13.1. The van der Waals surface area contributed by atoms with Crippen molar-refractivity contribution < 1.29 is 18.8 Å². The van der Waals surface area contributed by atoms with Crippen LogP contribution in [0.15, 0.2) is 65.3 Å². The highest BCUT2D eigenvalue weighted by Crippen LogP contribution is 2.34. The molecule has 0 saturated heterocycles. The van der Waals surface area contributed by atoms with E-state index in [0.717, 1.165) is 11.4 Å². The van der Waals surface area contributed by atoms with E-state index in [9.17, 15) is 4.79 Å². The second-order valence-electron chi connectivity index (χ2n) is 6.85. The van der Waals surface area contributed by atoms with Crippen LogP contribution in [0.4, 0.5) is 0 Å². The summed E-state index contributed by atoms with van der Waals surface area (Å²) in [5, 5.41) is 11.4. The predicted octanol–water partition coefficient (Wildman–Crippen LogP) is 3.78. The molecule has 4 rings (SSSR count). The molecule has 2 aromatic heterocycles. The average molecular weight is 418 g/mol. The molecular weight excluding hydrogens is 396 g/mol. The standard InChI is InChI=1S/C23H22N4O4/c1-15-11-18(31-26-15)13-24-23(28)20-14-27(16-7-5-4-6-8-16)25-22(20)19-10-9-17(29-2)12-21(19)30-3/h4-12,14H,13H2,1-3H3,(H,24,28). The minimum atomic E-state index is -0.288. The first kappa shape index (κ1) is 20.2. The van der Waals surface area contributed by atoms with Crippen molar-refractivity contribution in [2.45, 2.75) is 13.5 Å². The summed E-state index contributed by atoms with van der Waals surface area (Å²) in [6.07, 6.45) is 1.70. The topological polar surface area (TPSA) is 91.4 Å². The van der Waals surface area contributed by atoms with E-state index >= 15 is 0 Å². The number of nitrogens with one attached hydrogen (secondary N) is 1. The number of carbonyl (C=O) groups is 1. The molecule has 2 aromatic carbocycles. The maximum Gasteiger partial charge on any atom is 0.255 e. The summed E-state index contributed by atoms with van der Waals surface area (Å²) in [7, 11) is 3.15. The molecule has 0 spiro atoms. The van der Waals surface area contributed by atoms with Crippen molar-refractivity contribution in [3.05, 3.63) is 77.8 Å². The highest BCUT2D eigenvalue weighted by atomic mass is 16.5. The minimum Gasteiger partial charge on any atom is -0.497 e. The van der Waals surface area contributed by atoms with Crippen molar-refractivity contribution in [2.24, 2.45) is 0 Å². The SMILES string of the molecule is COc1ccc(-c2nn(-c3ccccc3)cc2C(=O)NCc2cc(C)no2)c(OC)c1. The lowest BCUT2D eigenvalue weighted by Gasteiger charge is -2.10. The van der Waals surface area contributed by atoms with Crippen molar-refractivity contribution in [1.29, 1.82) is 0 Å². The number of methoxy groups -OCH3 is 2. The van der Waals surface area contributed by atoms with E-state index in [1.807, 2.05) is 43.3 Å². The second kappa shape index (κ2) is 8.74. The van der Waals surface area contributed by atoms with Crippen molar-refractivity contribution >= 4 is 5.91 Å². The predicted molar refractivity (Wildman–Crippen MR) is 115 cm³/mol. The molecule has 0 saturated carbocycles. The Bertz CT molecular complexity index is 1200. The number of aryl methyl sites for hydroxylation is 1. The van der Waals surface area contributed by atoms with E-state index in [2.05, 4.69) is 10.5 Å². The fraction of sp³-hybridized carbons (Fsp3) is 0.174. The first-order valence-corrected chi connectivity index (χ1v) is 9.67. The lowest BCUT2D eigenvalue weighted by Crippen LogP contribution is -2.22. The largest absolute Gasteiger partial charge is 0.497 e. The van der Waals surface area contributed by atoms with Gasteiger partial charge in [-0.3, -0.25) is 4.79 Å². The minimum absolute atomic E-state index is 0.218. The maximum absolute atomic E-state index is 13.1. The summed E-state index contributed by atoms with van der Waals surface area (Å²) in [6, 6.07) is 16.8. The number of ether oxygens (including phenoxy) is 2. The molecule has 0 unspecified atom stereocenters. The monoisotopic (exact) mass is 418 g/mol. The summed E-state index contributed by atoms with van der Waals surface area (Å²) >= 11 is 0. The zero-order valence-corrected chi connectivity index (χ0v) is 17.5. The summed E-state index contributed by atoms with van der Waals surface area (Å²) in [5.74, 6) is 1.49. The Labute approximate surface area is 179 Å². The smallest absolute Gasteiger partial charge is 0.255 e. The highest BCUT2D eigenvalue weighted by molar-refractivity contribution is 6.00. The normalized spacial score (nSPS) is 10.7. The second-order valence-corrected chi connectivity index (χ2v) is 6.85. The van der Waals surface area contributed by atoms with Gasteiger partial charge in [0.15, 0.2) is 5.76 Å². The Hall–Kier alpha value is -4.07. The Morgan fingerprint density at radius 3 is 2.58 bits per heavy atom. The van der Waals surface area contributed by atoms with Gasteiger partial charge in [0.1, 0.15) is 17.2 Å². The van der Waals surface area contributed by atoms with Crippen molar-refractivity contribution in [3.8, 4) is 28.4 Å². The molecule has 158 valence electrons. The van der Waals surface area contributed by atoms with Crippen LogP contribution in [0.25, 0.3) is 16.9 Å². The van der Waals surface area contributed by atoms with Crippen molar-refractivity contribution in [1.82, 2.24) is 20.3 Å². The van der Waals surface area contributed by atoms with Crippen LogP contribution in [0.2, 0.25) is 0 Å². The molecule has 2 heterocycles. The zero-order chi connectivity index (χ0) is 21.8. The molecule has 0 aliphatic carbocycles. The van der Waals surface area contributed by atoms with Gasteiger partial charge in [0.2, 0.25) is 0 Å². The van der Waals surface area contributed by atoms with E-state index < -0.39 is 0 Å². The number of benzene rings is 2. The number of amides is 1. The van der Waals surface area contributed by atoms with Gasteiger partial charge in [0.25, 0.3) is 5.91 Å².